The number of aromatic nitrogens is 2. The SMILES string of the molecule is C=CC(=O)N1CCC([C@@H]2CCNn3c2nc(-c2ccc(Oc4ccccc4)cc2)c3C(N)=O)CC1. The van der Waals surface area contributed by atoms with Crippen LogP contribution in [0.3, 0.4) is 0 Å². The molecule has 2 amide bonds. The van der Waals surface area contributed by atoms with E-state index in [9.17, 15) is 9.59 Å². The maximum atomic E-state index is 12.5. The molecule has 5 rings (SSSR count). The number of ether oxygens (including phenoxy) is 1. The molecule has 2 aliphatic heterocycles. The molecule has 0 radical (unpaired) electrons. The van der Waals surface area contributed by atoms with E-state index in [0.717, 1.165) is 42.9 Å². The van der Waals surface area contributed by atoms with Gasteiger partial charge in [0, 0.05) is 31.1 Å². The number of rotatable bonds is 6. The average molecular weight is 472 g/mol. The van der Waals surface area contributed by atoms with Gasteiger partial charge in [0.25, 0.3) is 5.91 Å². The van der Waals surface area contributed by atoms with E-state index in [1.165, 1.54) is 6.08 Å². The van der Waals surface area contributed by atoms with Crippen LogP contribution in [0.1, 0.15) is 41.5 Å². The first kappa shape index (κ1) is 22.7. The second-order valence-electron chi connectivity index (χ2n) is 8.98. The van der Waals surface area contributed by atoms with Gasteiger partial charge < -0.3 is 20.8 Å². The first-order valence-corrected chi connectivity index (χ1v) is 12.0. The fraction of sp³-hybridized carbons (Fsp3) is 0.296. The molecule has 1 atom stereocenters. The summed E-state index contributed by atoms with van der Waals surface area (Å²) in [7, 11) is 0. The van der Waals surface area contributed by atoms with Crippen LogP contribution >= 0.6 is 0 Å². The summed E-state index contributed by atoms with van der Waals surface area (Å²) in [6.45, 7) is 5.73. The van der Waals surface area contributed by atoms with Crippen molar-refractivity contribution in [3.8, 4) is 22.8 Å². The summed E-state index contributed by atoms with van der Waals surface area (Å²) in [5, 5.41) is 0. The number of piperidine rings is 1. The van der Waals surface area contributed by atoms with Crippen molar-refractivity contribution in [2.45, 2.75) is 25.2 Å². The Hall–Kier alpha value is -4.07. The normalized spacial score (nSPS) is 17.8. The molecular formula is C27H29N5O3. The molecule has 2 aromatic carbocycles. The van der Waals surface area contributed by atoms with E-state index in [1.54, 1.807) is 4.68 Å². The number of imidazole rings is 1. The fourth-order valence-corrected chi connectivity index (χ4v) is 5.14. The molecule has 180 valence electrons. The molecule has 3 heterocycles. The highest BCUT2D eigenvalue weighted by Gasteiger charge is 2.36. The van der Waals surface area contributed by atoms with Gasteiger partial charge in [-0.1, -0.05) is 24.8 Å². The minimum Gasteiger partial charge on any atom is -0.457 e. The van der Waals surface area contributed by atoms with Crippen molar-refractivity contribution in [3.63, 3.8) is 0 Å². The van der Waals surface area contributed by atoms with E-state index in [1.807, 2.05) is 59.5 Å². The molecule has 2 aliphatic rings. The summed E-state index contributed by atoms with van der Waals surface area (Å²) >= 11 is 0. The number of hydrogen-bond donors (Lipinski definition) is 2. The molecule has 8 nitrogen and oxygen atoms in total. The van der Waals surface area contributed by atoms with Gasteiger partial charge in [-0.15, -0.1) is 0 Å². The van der Waals surface area contributed by atoms with E-state index in [2.05, 4.69) is 12.0 Å². The minimum absolute atomic E-state index is 0.0201. The van der Waals surface area contributed by atoms with Crippen molar-refractivity contribution in [2.75, 3.05) is 25.1 Å². The van der Waals surface area contributed by atoms with Gasteiger partial charge in [0.2, 0.25) is 5.91 Å². The molecule has 3 N–H and O–H groups in total. The third kappa shape index (κ3) is 4.51. The van der Waals surface area contributed by atoms with Crippen LogP contribution in [-0.4, -0.2) is 46.0 Å². The van der Waals surface area contributed by atoms with Gasteiger partial charge in [-0.05, 0) is 67.7 Å². The number of nitrogens with one attached hydrogen (secondary N) is 1. The molecule has 0 saturated carbocycles. The van der Waals surface area contributed by atoms with Gasteiger partial charge >= 0.3 is 0 Å². The monoisotopic (exact) mass is 471 g/mol. The molecule has 1 fully saturated rings. The maximum Gasteiger partial charge on any atom is 0.269 e. The summed E-state index contributed by atoms with van der Waals surface area (Å²) < 4.78 is 7.67. The predicted octanol–water partition coefficient (Wildman–Crippen LogP) is 3.90. The summed E-state index contributed by atoms with van der Waals surface area (Å²) in [4.78, 5) is 31.3. The lowest BCUT2D eigenvalue weighted by Gasteiger charge is -2.37. The van der Waals surface area contributed by atoms with Crippen molar-refractivity contribution >= 4 is 11.8 Å². The third-order valence-electron chi connectivity index (χ3n) is 6.90. The van der Waals surface area contributed by atoms with E-state index >= 15 is 0 Å². The van der Waals surface area contributed by atoms with Crippen molar-refractivity contribution in [3.05, 3.63) is 78.8 Å². The molecule has 1 aromatic heterocycles. The summed E-state index contributed by atoms with van der Waals surface area (Å²) in [5.74, 6) is 2.30. The number of hydrogen-bond acceptors (Lipinski definition) is 5. The Bertz CT molecular complexity index is 1230. The molecular weight excluding hydrogens is 442 g/mol. The van der Waals surface area contributed by atoms with Crippen molar-refractivity contribution in [1.29, 1.82) is 0 Å². The van der Waals surface area contributed by atoms with Crippen LogP contribution in [0.5, 0.6) is 11.5 Å². The Morgan fingerprint density at radius 1 is 1.03 bits per heavy atom. The number of primary amides is 1. The zero-order valence-electron chi connectivity index (χ0n) is 19.5. The number of nitrogens with two attached hydrogens (primary N) is 1. The smallest absolute Gasteiger partial charge is 0.269 e. The lowest BCUT2D eigenvalue weighted by atomic mass is 9.81. The standard InChI is InChI=1S/C27H29N5O3/c1-2-23(33)31-16-13-18(14-17-31)22-12-15-29-32-25(26(28)34)24(30-27(22)32)19-8-10-21(11-9-19)35-20-6-4-3-5-7-20/h2-11,18,22,29H,1,12-17H2,(H2,28,34)/t22-/m0/s1. The molecule has 0 spiro atoms. The van der Waals surface area contributed by atoms with Crippen molar-refractivity contribution in [1.82, 2.24) is 14.6 Å². The number of carbonyl (C=O) groups excluding carboxylic acids is 2. The van der Waals surface area contributed by atoms with Crippen LogP contribution in [0.15, 0.2) is 67.3 Å². The fourth-order valence-electron chi connectivity index (χ4n) is 5.14. The van der Waals surface area contributed by atoms with E-state index in [4.69, 9.17) is 15.5 Å². The van der Waals surface area contributed by atoms with Crippen LogP contribution in [0.25, 0.3) is 11.3 Å². The van der Waals surface area contributed by atoms with Gasteiger partial charge in [0.05, 0.1) is 0 Å². The van der Waals surface area contributed by atoms with E-state index in [0.29, 0.717) is 36.1 Å². The topological polar surface area (TPSA) is 102 Å². The van der Waals surface area contributed by atoms with Gasteiger partial charge in [-0.2, -0.15) is 0 Å². The highest BCUT2D eigenvalue weighted by atomic mass is 16.5. The molecule has 0 bridgehead atoms. The number of likely N-dealkylation sites (tertiary alicyclic amines) is 1. The lowest BCUT2D eigenvalue weighted by Crippen LogP contribution is -2.41. The quantitative estimate of drug-likeness (QED) is 0.531. The number of fused-ring (bicyclic) bond motifs is 1. The largest absolute Gasteiger partial charge is 0.457 e. The van der Waals surface area contributed by atoms with Crippen LogP contribution in [0.2, 0.25) is 0 Å². The molecule has 1 saturated heterocycles. The first-order chi connectivity index (χ1) is 17.0. The van der Waals surface area contributed by atoms with E-state index in [-0.39, 0.29) is 11.8 Å². The van der Waals surface area contributed by atoms with Gasteiger partial charge in [-0.3, -0.25) is 9.59 Å². The minimum atomic E-state index is -0.525. The molecule has 3 aromatic rings. The number of para-hydroxylation sites is 1. The Balaban J connectivity index is 1.41. The maximum absolute atomic E-state index is 12.5. The Labute approximate surface area is 204 Å². The number of nitrogens with zero attached hydrogens (tertiary/aromatic N) is 3. The molecule has 0 unspecified atom stereocenters. The van der Waals surface area contributed by atoms with Gasteiger partial charge in [0.1, 0.15) is 23.0 Å². The highest BCUT2D eigenvalue weighted by molar-refractivity contribution is 5.97. The first-order valence-electron chi connectivity index (χ1n) is 12.0. The Kier molecular flexibility index (Phi) is 6.27. The van der Waals surface area contributed by atoms with Crippen LogP contribution < -0.4 is 15.9 Å². The number of amides is 2. The highest BCUT2D eigenvalue weighted by Crippen LogP contribution is 2.39. The van der Waals surface area contributed by atoms with E-state index < -0.39 is 5.91 Å². The van der Waals surface area contributed by atoms with Crippen molar-refractivity contribution < 1.29 is 14.3 Å². The Morgan fingerprint density at radius 2 is 1.71 bits per heavy atom. The second-order valence-corrected chi connectivity index (χ2v) is 8.98. The second kappa shape index (κ2) is 9.66. The third-order valence-corrected chi connectivity index (χ3v) is 6.90. The lowest BCUT2D eigenvalue weighted by molar-refractivity contribution is -0.127. The van der Waals surface area contributed by atoms with Gasteiger partial charge in [0.15, 0.2) is 5.69 Å². The predicted molar refractivity (Wildman–Crippen MR) is 134 cm³/mol. The van der Waals surface area contributed by atoms with Gasteiger partial charge in [-0.25, -0.2) is 9.66 Å². The summed E-state index contributed by atoms with van der Waals surface area (Å²) in [6.07, 6.45) is 4.07. The van der Waals surface area contributed by atoms with Crippen LogP contribution in [0, 0.1) is 5.92 Å². The zero-order chi connectivity index (χ0) is 24.4. The zero-order valence-corrected chi connectivity index (χ0v) is 19.5. The molecule has 35 heavy (non-hydrogen) atoms. The van der Waals surface area contributed by atoms with Crippen LogP contribution in [0.4, 0.5) is 0 Å². The molecule has 0 aliphatic carbocycles. The summed E-state index contributed by atoms with van der Waals surface area (Å²) in [5.41, 5.74) is 10.9. The summed E-state index contributed by atoms with van der Waals surface area (Å²) in [6, 6.07) is 17.1. The van der Waals surface area contributed by atoms with Crippen molar-refractivity contribution in [2.24, 2.45) is 11.7 Å². The average Bonchev–Trinajstić information content (AvgIpc) is 3.29. The number of benzene rings is 2. The van der Waals surface area contributed by atoms with Crippen LogP contribution in [-0.2, 0) is 4.79 Å². The Morgan fingerprint density at radius 3 is 2.37 bits per heavy atom. The molecule has 8 heteroatoms. The number of carbonyl (C=O) groups is 2.